The molecule has 0 amide bonds. The van der Waals surface area contributed by atoms with Crippen LogP contribution in [0.4, 0.5) is 0 Å². The number of para-hydroxylation sites is 1. The van der Waals surface area contributed by atoms with Crippen LogP contribution in [-0.4, -0.2) is 29.4 Å². The maximum Gasteiger partial charge on any atom is 0.328 e. The first-order valence-electron chi connectivity index (χ1n) is 4.47. The summed E-state index contributed by atoms with van der Waals surface area (Å²) >= 11 is 0. The average Bonchev–Trinajstić information content (AvgIpc) is 2.24. The maximum atomic E-state index is 10.3. The third-order valence-electron chi connectivity index (χ3n) is 1.67. The van der Waals surface area contributed by atoms with Gasteiger partial charge in [0.2, 0.25) is 0 Å². The second kappa shape index (κ2) is 5.82. The highest BCUT2D eigenvalue weighted by Crippen LogP contribution is 2.19. The number of carboxylic acid groups (broad SMARTS) is 1. The summed E-state index contributed by atoms with van der Waals surface area (Å²) in [4.78, 5) is 10.3. The van der Waals surface area contributed by atoms with E-state index >= 15 is 0 Å². The van der Waals surface area contributed by atoms with Crippen molar-refractivity contribution < 1.29 is 19.7 Å². The smallest absolute Gasteiger partial charge is 0.328 e. The number of carbonyl (C=O) groups is 1. The molecule has 0 fully saturated rings. The lowest BCUT2D eigenvalue weighted by atomic mass is 10.2. The fraction of sp³-hybridized carbons (Fsp3) is 0.182. The predicted octanol–water partition coefficient (Wildman–Crippen LogP) is 1.16. The molecule has 0 spiro atoms. The van der Waals surface area contributed by atoms with E-state index in [-0.39, 0.29) is 13.2 Å². The van der Waals surface area contributed by atoms with E-state index in [0.717, 1.165) is 6.08 Å². The van der Waals surface area contributed by atoms with Gasteiger partial charge in [-0.05, 0) is 12.1 Å². The van der Waals surface area contributed by atoms with E-state index in [1.165, 1.54) is 6.08 Å². The van der Waals surface area contributed by atoms with Crippen LogP contribution in [0.3, 0.4) is 0 Å². The summed E-state index contributed by atoms with van der Waals surface area (Å²) in [6.07, 6.45) is 2.50. The Morgan fingerprint density at radius 3 is 2.80 bits per heavy atom. The van der Waals surface area contributed by atoms with E-state index in [9.17, 15) is 4.79 Å². The Kier molecular flexibility index (Phi) is 4.37. The number of rotatable bonds is 5. The normalized spacial score (nSPS) is 10.5. The van der Waals surface area contributed by atoms with Crippen LogP contribution in [0.15, 0.2) is 30.3 Å². The number of hydrogen-bond donors (Lipinski definition) is 2. The van der Waals surface area contributed by atoms with Crippen molar-refractivity contribution in [3.05, 3.63) is 35.9 Å². The van der Waals surface area contributed by atoms with Crippen molar-refractivity contribution in [2.45, 2.75) is 0 Å². The van der Waals surface area contributed by atoms with E-state index in [4.69, 9.17) is 14.9 Å². The van der Waals surface area contributed by atoms with Crippen molar-refractivity contribution in [2.75, 3.05) is 13.2 Å². The number of carboxylic acids is 1. The second-order valence-corrected chi connectivity index (χ2v) is 2.78. The summed E-state index contributed by atoms with van der Waals surface area (Å²) < 4.78 is 5.22. The number of hydrogen-bond acceptors (Lipinski definition) is 3. The molecule has 1 aromatic rings. The molecule has 4 heteroatoms. The standard InChI is InChI=1S/C11H12O4/c12-7-8-15-10-4-2-1-3-9(10)5-6-11(13)14/h1-6,12H,7-8H2,(H,13,14)/b6-5+. The number of ether oxygens (including phenoxy) is 1. The molecule has 0 saturated carbocycles. The summed E-state index contributed by atoms with van der Waals surface area (Å²) in [5.41, 5.74) is 0.674. The molecular formula is C11H12O4. The Morgan fingerprint density at radius 1 is 1.40 bits per heavy atom. The molecule has 1 aromatic carbocycles. The van der Waals surface area contributed by atoms with Gasteiger partial charge in [0, 0.05) is 11.6 Å². The first-order chi connectivity index (χ1) is 7.24. The molecule has 80 valence electrons. The zero-order valence-electron chi connectivity index (χ0n) is 8.09. The van der Waals surface area contributed by atoms with E-state index in [0.29, 0.717) is 11.3 Å². The highest BCUT2D eigenvalue weighted by Gasteiger charge is 1.99. The number of aliphatic hydroxyl groups is 1. The third-order valence-corrected chi connectivity index (χ3v) is 1.67. The largest absolute Gasteiger partial charge is 0.491 e. The summed E-state index contributed by atoms with van der Waals surface area (Å²) in [6, 6.07) is 7.03. The van der Waals surface area contributed by atoms with Crippen LogP contribution in [0.5, 0.6) is 5.75 Å². The summed E-state index contributed by atoms with van der Waals surface area (Å²) in [5, 5.41) is 17.1. The quantitative estimate of drug-likeness (QED) is 0.712. The Hall–Kier alpha value is -1.81. The van der Waals surface area contributed by atoms with Crippen LogP contribution in [0.2, 0.25) is 0 Å². The zero-order chi connectivity index (χ0) is 11.1. The van der Waals surface area contributed by atoms with E-state index < -0.39 is 5.97 Å². The van der Waals surface area contributed by atoms with Gasteiger partial charge in [0.25, 0.3) is 0 Å². The second-order valence-electron chi connectivity index (χ2n) is 2.78. The number of aliphatic hydroxyl groups excluding tert-OH is 1. The molecule has 0 bridgehead atoms. The minimum atomic E-state index is -1.01. The van der Waals surface area contributed by atoms with E-state index in [2.05, 4.69) is 0 Å². The minimum Gasteiger partial charge on any atom is -0.491 e. The number of benzene rings is 1. The van der Waals surface area contributed by atoms with E-state index in [1.54, 1.807) is 24.3 Å². The Bertz CT molecular complexity index is 357. The van der Waals surface area contributed by atoms with Gasteiger partial charge in [-0.2, -0.15) is 0 Å². The van der Waals surface area contributed by atoms with Gasteiger partial charge in [0.05, 0.1) is 6.61 Å². The Morgan fingerprint density at radius 2 is 2.13 bits per heavy atom. The molecular weight excluding hydrogens is 196 g/mol. The first kappa shape index (κ1) is 11.3. The van der Waals surface area contributed by atoms with Crippen LogP contribution in [-0.2, 0) is 4.79 Å². The zero-order valence-corrected chi connectivity index (χ0v) is 8.09. The SMILES string of the molecule is O=C(O)/C=C/c1ccccc1OCCO. The average molecular weight is 208 g/mol. The lowest BCUT2D eigenvalue weighted by Crippen LogP contribution is -2.02. The van der Waals surface area contributed by atoms with Crippen molar-refractivity contribution in [1.82, 2.24) is 0 Å². The molecule has 1 rings (SSSR count). The predicted molar refractivity (Wildman–Crippen MR) is 55.7 cm³/mol. The molecule has 0 atom stereocenters. The molecule has 15 heavy (non-hydrogen) atoms. The van der Waals surface area contributed by atoms with Crippen LogP contribution < -0.4 is 4.74 Å². The third kappa shape index (κ3) is 3.83. The van der Waals surface area contributed by atoms with Gasteiger partial charge in [-0.3, -0.25) is 0 Å². The molecule has 0 aliphatic heterocycles. The molecule has 0 aliphatic carbocycles. The van der Waals surface area contributed by atoms with Gasteiger partial charge in [-0.1, -0.05) is 18.2 Å². The maximum absolute atomic E-state index is 10.3. The van der Waals surface area contributed by atoms with Crippen LogP contribution in [0.25, 0.3) is 6.08 Å². The highest BCUT2D eigenvalue weighted by molar-refractivity contribution is 5.85. The topological polar surface area (TPSA) is 66.8 Å². The van der Waals surface area contributed by atoms with Gasteiger partial charge in [-0.25, -0.2) is 4.79 Å². The van der Waals surface area contributed by atoms with Gasteiger partial charge < -0.3 is 14.9 Å². The van der Waals surface area contributed by atoms with Crippen molar-refractivity contribution in [2.24, 2.45) is 0 Å². The van der Waals surface area contributed by atoms with Gasteiger partial charge >= 0.3 is 5.97 Å². The lowest BCUT2D eigenvalue weighted by Gasteiger charge is -2.06. The van der Waals surface area contributed by atoms with Gasteiger partial charge in [-0.15, -0.1) is 0 Å². The van der Waals surface area contributed by atoms with Crippen molar-refractivity contribution in [3.63, 3.8) is 0 Å². The summed E-state index contributed by atoms with van der Waals surface area (Å²) in [6.45, 7) is 0.120. The Balaban J connectivity index is 2.81. The number of aliphatic carboxylic acids is 1. The van der Waals surface area contributed by atoms with Gasteiger partial charge in [0.1, 0.15) is 12.4 Å². The molecule has 2 N–H and O–H groups in total. The Labute approximate surface area is 87.4 Å². The molecule has 0 aromatic heterocycles. The monoisotopic (exact) mass is 208 g/mol. The first-order valence-corrected chi connectivity index (χ1v) is 4.47. The molecule has 0 radical (unpaired) electrons. The molecule has 0 saturated heterocycles. The summed E-state index contributed by atoms with van der Waals surface area (Å²) in [5.74, 6) is -0.448. The van der Waals surface area contributed by atoms with Crippen LogP contribution in [0, 0.1) is 0 Å². The van der Waals surface area contributed by atoms with Crippen molar-refractivity contribution in [1.29, 1.82) is 0 Å². The fourth-order valence-electron chi connectivity index (χ4n) is 1.07. The molecule has 4 nitrogen and oxygen atoms in total. The molecule has 0 unspecified atom stereocenters. The van der Waals surface area contributed by atoms with Gasteiger partial charge in [0.15, 0.2) is 0 Å². The molecule has 0 aliphatic rings. The summed E-state index contributed by atoms with van der Waals surface area (Å²) in [7, 11) is 0. The minimum absolute atomic E-state index is 0.0724. The van der Waals surface area contributed by atoms with E-state index in [1.807, 2.05) is 0 Å². The van der Waals surface area contributed by atoms with Crippen molar-refractivity contribution in [3.8, 4) is 5.75 Å². The fourth-order valence-corrected chi connectivity index (χ4v) is 1.07. The van der Waals surface area contributed by atoms with Crippen LogP contribution >= 0.6 is 0 Å². The van der Waals surface area contributed by atoms with Crippen molar-refractivity contribution >= 4 is 12.0 Å². The highest BCUT2D eigenvalue weighted by atomic mass is 16.5. The molecule has 0 heterocycles. The lowest BCUT2D eigenvalue weighted by molar-refractivity contribution is -0.131. The van der Waals surface area contributed by atoms with Crippen LogP contribution in [0.1, 0.15) is 5.56 Å².